The number of hydrogen-bond acceptors (Lipinski definition) is 5. The van der Waals surface area contributed by atoms with Gasteiger partial charge in [-0.2, -0.15) is 0 Å². The third-order valence-corrected chi connectivity index (χ3v) is 9.22. The van der Waals surface area contributed by atoms with E-state index in [0.29, 0.717) is 19.4 Å². The maximum absolute atomic E-state index is 12.4. The van der Waals surface area contributed by atoms with Gasteiger partial charge in [0.15, 0.2) is 0 Å². The monoisotopic (exact) mass is 386 g/mol. The van der Waals surface area contributed by atoms with Crippen LogP contribution in [0.2, 0.25) is 0 Å². The SMILES string of the molecule is CC12CC[C@H]3[C@@H](CCC4=CC(O)CCC43C=O)C1(O)CCC2C1=CC(=O)OC1. The molecule has 1 aliphatic heterocycles. The number of aliphatic hydroxyl groups excluding tert-OH is 1. The summed E-state index contributed by atoms with van der Waals surface area (Å²) < 4.78 is 5.17. The van der Waals surface area contributed by atoms with Crippen molar-refractivity contribution in [3.8, 4) is 0 Å². The first kappa shape index (κ1) is 18.6. The lowest BCUT2D eigenvalue weighted by molar-refractivity contribution is -0.183. The fourth-order valence-corrected chi connectivity index (χ4v) is 7.79. The number of carbonyl (C=O) groups excluding carboxylic acids is 2. The van der Waals surface area contributed by atoms with E-state index in [0.717, 1.165) is 56.0 Å². The number of ether oxygens (including phenoxy) is 1. The molecule has 5 rings (SSSR count). The van der Waals surface area contributed by atoms with Gasteiger partial charge in [-0.3, -0.25) is 0 Å². The van der Waals surface area contributed by atoms with Crippen LogP contribution in [0.5, 0.6) is 0 Å². The van der Waals surface area contributed by atoms with E-state index in [1.807, 2.05) is 6.08 Å². The van der Waals surface area contributed by atoms with Crippen LogP contribution in [0.15, 0.2) is 23.3 Å². The molecule has 0 amide bonds. The molecule has 0 aromatic heterocycles. The van der Waals surface area contributed by atoms with Gasteiger partial charge in [0.25, 0.3) is 0 Å². The molecule has 7 atom stereocenters. The topological polar surface area (TPSA) is 83.8 Å². The minimum absolute atomic E-state index is 0.0902. The lowest BCUT2D eigenvalue weighted by Gasteiger charge is -2.61. The molecule has 5 heteroatoms. The van der Waals surface area contributed by atoms with E-state index >= 15 is 0 Å². The molecule has 5 nitrogen and oxygen atoms in total. The van der Waals surface area contributed by atoms with Crippen LogP contribution < -0.4 is 0 Å². The maximum Gasteiger partial charge on any atom is 0.331 e. The highest BCUT2D eigenvalue weighted by Crippen LogP contribution is 2.69. The molecule has 1 heterocycles. The van der Waals surface area contributed by atoms with Crippen LogP contribution in [-0.4, -0.2) is 40.8 Å². The number of cyclic esters (lactones) is 1. The second kappa shape index (κ2) is 6.02. The van der Waals surface area contributed by atoms with Crippen molar-refractivity contribution >= 4 is 12.3 Å². The Balaban J connectivity index is 1.52. The van der Waals surface area contributed by atoms with Crippen LogP contribution in [0.4, 0.5) is 0 Å². The molecule has 0 saturated heterocycles. The van der Waals surface area contributed by atoms with Crippen LogP contribution in [0.1, 0.15) is 58.3 Å². The van der Waals surface area contributed by atoms with Crippen molar-refractivity contribution in [3.63, 3.8) is 0 Å². The Labute approximate surface area is 165 Å². The van der Waals surface area contributed by atoms with Crippen molar-refractivity contribution in [3.05, 3.63) is 23.3 Å². The van der Waals surface area contributed by atoms with Crippen LogP contribution in [0, 0.1) is 28.6 Å². The number of carbonyl (C=O) groups is 2. The number of aliphatic hydroxyl groups is 2. The van der Waals surface area contributed by atoms with Gasteiger partial charge in [0, 0.05) is 11.5 Å². The van der Waals surface area contributed by atoms with Crippen molar-refractivity contribution in [2.75, 3.05) is 6.61 Å². The zero-order chi connectivity index (χ0) is 19.7. The van der Waals surface area contributed by atoms with Crippen molar-refractivity contribution in [2.24, 2.45) is 28.6 Å². The van der Waals surface area contributed by atoms with E-state index in [2.05, 4.69) is 6.92 Å². The summed E-state index contributed by atoms with van der Waals surface area (Å²) in [6, 6.07) is 0. The van der Waals surface area contributed by atoms with Gasteiger partial charge in [-0.15, -0.1) is 0 Å². The van der Waals surface area contributed by atoms with Gasteiger partial charge in [-0.1, -0.05) is 18.6 Å². The second-order valence-electron chi connectivity index (χ2n) is 10.0. The third-order valence-electron chi connectivity index (χ3n) is 9.22. The predicted octanol–water partition coefficient (Wildman–Crippen LogP) is 2.70. The average Bonchev–Trinajstić information content (AvgIpc) is 3.22. The molecule has 0 radical (unpaired) electrons. The Bertz CT molecular complexity index is 784. The van der Waals surface area contributed by atoms with E-state index in [1.54, 1.807) is 6.08 Å². The minimum atomic E-state index is -0.815. The number of aldehydes is 1. The molecule has 4 aliphatic carbocycles. The number of allylic oxidation sites excluding steroid dienone is 1. The number of hydrogen-bond donors (Lipinski definition) is 2. The second-order valence-corrected chi connectivity index (χ2v) is 10.0. The molecule has 2 N–H and O–H groups in total. The third kappa shape index (κ3) is 2.20. The van der Waals surface area contributed by atoms with E-state index in [-0.39, 0.29) is 29.1 Å². The molecule has 5 unspecified atom stereocenters. The first-order valence-electron chi connectivity index (χ1n) is 10.8. The summed E-state index contributed by atoms with van der Waals surface area (Å²) in [6.07, 6.45) is 10.5. The summed E-state index contributed by atoms with van der Waals surface area (Å²) in [4.78, 5) is 24.0. The highest BCUT2D eigenvalue weighted by atomic mass is 16.5. The molecule has 152 valence electrons. The van der Waals surface area contributed by atoms with Gasteiger partial charge >= 0.3 is 5.97 Å². The lowest BCUT2D eigenvalue weighted by Crippen LogP contribution is -2.61. The summed E-state index contributed by atoms with van der Waals surface area (Å²) in [7, 11) is 0. The van der Waals surface area contributed by atoms with Crippen LogP contribution in [0.3, 0.4) is 0 Å². The van der Waals surface area contributed by atoms with E-state index in [1.165, 1.54) is 0 Å². The average molecular weight is 386 g/mol. The van der Waals surface area contributed by atoms with Gasteiger partial charge in [-0.25, -0.2) is 4.79 Å². The standard InChI is InChI=1S/C23H30O5/c1-21-7-5-18-19(3-2-15-11-16(25)4-8-22(15,18)13-24)23(21,27)9-6-17(21)14-10-20(26)28-12-14/h10-11,13,16-19,25,27H,2-9,12H2,1H3/t16?,17?,18-,19+,21?,22?,23?/m0/s1. The van der Waals surface area contributed by atoms with E-state index < -0.39 is 17.1 Å². The maximum atomic E-state index is 12.4. The summed E-state index contributed by atoms with van der Waals surface area (Å²) in [5.41, 5.74) is 0.520. The molecule has 0 bridgehead atoms. The Morgan fingerprint density at radius 1 is 1.14 bits per heavy atom. The van der Waals surface area contributed by atoms with Crippen molar-refractivity contribution in [2.45, 2.75) is 70.0 Å². The highest BCUT2D eigenvalue weighted by molar-refractivity contribution is 5.85. The molecule has 0 aromatic carbocycles. The molecule has 3 fully saturated rings. The first-order chi connectivity index (χ1) is 13.3. The van der Waals surface area contributed by atoms with Crippen molar-refractivity contribution in [1.29, 1.82) is 0 Å². The smallest absolute Gasteiger partial charge is 0.331 e. The minimum Gasteiger partial charge on any atom is -0.458 e. The summed E-state index contributed by atoms with van der Waals surface area (Å²) in [5, 5.41) is 22.2. The largest absolute Gasteiger partial charge is 0.458 e. The number of esters is 1. The summed E-state index contributed by atoms with van der Waals surface area (Å²) in [6.45, 7) is 2.54. The summed E-state index contributed by atoms with van der Waals surface area (Å²) >= 11 is 0. The Hall–Kier alpha value is -1.46. The van der Waals surface area contributed by atoms with Crippen molar-refractivity contribution < 1.29 is 24.5 Å². The fourth-order valence-electron chi connectivity index (χ4n) is 7.79. The van der Waals surface area contributed by atoms with Gasteiger partial charge in [0.05, 0.1) is 17.1 Å². The molecule has 0 aromatic rings. The predicted molar refractivity (Wildman–Crippen MR) is 102 cm³/mol. The highest BCUT2D eigenvalue weighted by Gasteiger charge is 2.67. The lowest BCUT2D eigenvalue weighted by atomic mass is 9.45. The van der Waals surface area contributed by atoms with Gasteiger partial charge in [0.2, 0.25) is 0 Å². The Morgan fingerprint density at radius 2 is 1.96 bits per heavy atom. The molecule has 28 heavy (non-hydrogen) atoms. The zero-order valence-electron chi connectivity index (χ0n) is 16.5. The van der Waals surface area contributed by atoms with Crippen LogP contribution in [0.25, 0.3) is 0 Å². The first-order valence-corrected chi connectivity index (χ1v) is 10.8. The van der Waals surface area contributed by atoms with Crippen molar-refractivity contribution in [1.82, 2.24) is 0 Å². The van der Waals surface area contributed by atoms with Gasteiger partial charge < -0.3 is 19.7 Å². The number of fused-ring (bicyclic) bond motifs is 5. The Morgan fingerprint density at radius 3 is 2.68 bits per heavy atom. The van der Waals surface area contributed by atoms with Crippen LogP contribution in [-0.2, 0) is 14.3 Å². The number of rotatable bonds is 2. The normalized spacial score (nSPS) is 50.0. The molecule has 3 saturated carbocycles. The fraction of sp³-hybridized carbons (Fsp3) is 0.739. The Kier molecular flexibility index (Phi) is 3.99. The van der Waals surface area contributed by atoms with Gasteiger partial charge in [-0.05, 0) is 74.7 Å². The quantitative estimate of drug-likeness (QED) is 0.433. The van der Waals surface area contributed by atoms with Gasteiger partial charge in [0.1, 0.15) is 12.9 Å². The molecular formula is C23H30O5. The summed E-state index contributed by atoms with van der Waals surface area (Å²) in [5.74, 6) is 0.135. The molecule has 0 spiro atoms. The molecule has 5 aliphatic rings. The molecular weight excluding hydrogens is 356 g/mol. The van der Waals surface area contributed by atoms with E-state index in [4.69, 9.17) is 4.74 Å². The zero-order valence-corrected chi connectivity index (χ0v) is 16.5. The van der Waals surface area contributed by atoms with Crippen LogP contribution >= 0.6 is 0 Å². The van der Waals surface area contributed by atoms with E-state index in [9.17, 15) is 19.8 Å².